The van der Waals surface area contributed by atoms with Crippen LogP contribution in [0.2, 0.25) is 0 Å². The summed E-state index contributed by atoms with van der Waals surface area (Å²) in [5, 5.41) is 21.0. The minimum atomic E-state index is -1.86. The fraction of sp³-hybridized carbons (Fsp3) is 0.633. The molecule has 0 aliphatic carbocycles. The fourth-order valence-corrected chi connectivity index (χ4v) is 7.47. The monoisotopic (exact) mass is 1000 g/mol. The Morgan fingerprint density at radius 1 is 0.831 bits per heavy atom. The van der Waals surface area contributed by atoms with Gasteiger partial charge in [-0.2, -0.15) is 0 Å². The lowest BCUT2D eigenvalue weighted by Gasteiger charge is -2.39. The van der Waals surface area contributed by atoms with Gasteiger partial charge in [0.25, 0.3) is 11.8 Å². The van der Waals surface area contributed by atoms with Crippen molar-refractivity contribution in [1.29, 1.82) is 0 Å². The molecule has 71 heavy (non-hydrogen) atoms. The SMILES string of the molecule is C=C1C(=O)N[C@@H](C)C(=O)N(C)[C@H](C)C(=O)N[C@H]([C@H](OC(=O)[C@H](NC(=O)CC)[C@H](O)C(C)C)C(C)C)C(=O)N(C)[C@H]([C@H](C)OC)C(=O)O[C@@H](C(C)C)[C@H](NC(C)=O)C(=O)O[C@H](Cc2ccccc2)C(=O)N1C. The standard InChI is InChI=1S/C49H75N7O15/c1-17-34(58)52-35(39(59)24(2)3)47(65)70-40(25(4)5)36-46(64)56(15)38(30(11)68-16)49(67)71-41(26(6)7)37(51-31(12)57)48(66)69-33(23-32-21-19-18-20-22-32)45(63)55(14)28(9)42(60)50-27(8)44(62)54(13)29(10)43(61)53-36/h18-22,24-27,29-30,33,35-41,59H,9,17,23H2,1-8,10-16H3,(H,50,60)(H,51,57)(H,52,58)(H,53,61)/t27-,29+,30-,33+,35+,36+,37-,38+,39+,40+,41-/m0/s1. The summed E-state index contributed by atoms with van der Waals surface area (Å²) in [6.45, 7) is 19.9. The molecule has 1 saturated heterocycles. The first-order valence-corrected chi connectivity index (χ1v) is 23.6. The number of aliphatic hydroxyl groups is 1. The number of nitrogens with one attached hydrogen (secondary N) is 4. The summed E-state index contributed by atoms with van der Waals surface area (Å²) in [6.07, 6.45) is -7.75. The van der Waals surface area contributed by atoms with Crippen LogP contribution >= 0.6 is 0 Å². The van der Waals surface area contributed by atoms with Crippen molar-refractivity contribution >= 4 is 59.3 Å². The van der Waals surface area contributed by atoms with Crippen LogP contribution in [0.15, 0.2) is 42.6 Å². The van der Waals surface area contributed by atoms with Gasteiger partial charge in [-0.15, -0.1) is 0 Å². The van der Waals surface area contributed by atoms with Crippen LogP contribution in [0.25, 0.3) is 0 Å². The molecule has 1 aliphatic heterocycles. The molecule has 396 valence electrons. The number of amides is 7. The summed E-state index contributed by atoms with van der Waals surface area (Å²) in [6, 6.07) is -1.31. The number of methoxy groups -OCH3 is 1. The molecule has 2 rings (SSSR count). The molecule has 0 spiro atoms. The topological polar surface area (TPSA) is 286 Å². The minimum Gasteiger partial charge on any atom is -0.458 e. The lowest BCUT2D eigenvalue weighted by molar-refractivity contribution is -0.177. The number of benzene rings is 1. The second kappa shape index (κ2) is 27.3. The van der Waals surface area contributed by atoms with E-state index in [0.29, 0.717) is 5.56 Å². The lowest BCUT2D eigenvalue weighted by atomic mass is 9.95. The van der Waals surface area contributed by atoms with Gasteiger partial charge in [0.1, 0.15) is 36.0 Å². The van der Waals surface area contributed by atoms with E-state index in [4.69, 9.17) is 18.9 Å². The molecular formula is C49H75N7O15. The van der Waals surface area contributed by atoms with Crippen LogP contribution in [-0.2, 0) is 73.3 Å². The van der Waals surface area contributed by atoms with E-state index in [-0.39, 0.29) is 12.8 Å². The highest BCUT2D eigenvalue weighted by atomic mass is 16.6. The van der Waals surface area contributed by atoms with Crippen LogP contribution in [0, 0.1) is 17.8 Å². The van der Waals surface area contributed by atoms with E-state index in [1.165, 1.54) is 55.9 Å². The molecule has 0 unspecified atom stereocenters. The van der Waals surface area contributed by atoms with Crippen LogP contribution in [0.1, 0.15) is 88.1 Å². The molecule has 0 radical (unpaired) electrons. The Kier molecular flexibility index (Phi) is 23.3. The van der Waals surface area contributed by atoms with Crippen LogP contribution in [0.4, 0.5) is 0 Å². The summed E-state index contributed by atoms with van der Waals surface area (Å²) >= 11 is 0. The number of hydrogen-bond acceptors (Lipinski definition) is 15. The average Bonchev–Trinajstić information content (AvgIpc) is 3.32. The van der Waals surface area contributed by atoms with Gasteiger partial charge in [-0.1, -0.05) is 85.4 Å². The number of rotatable bonds is 14. The molecule has 1 fully saturated rings. The van der Waals surface area contributed by atoms with E-state index < -0.39 is 149 Å². The Balaban J connectivity index is 2.97. The third kappa shape index (κ3) is 16.3. The van der Waals surface area contributed by atoms with Crippen LogP contribution < -0.4 is 21.3 Å². The Hall–Kier alpha value is -6.42. The Morgan fingerprint density at radius 3 is 1.93 bits per heavy atom. The fourth-order valence-electron chi connectivity index (χ4n) is 7.47. The molecule has 11 atom stereocenters. The van der Waals surface area contributed by atoms with Gasteiger partial charge in [0, 0.05) is 48.0 Å². The van der Waals surface area contributed by atoms with Crippen LogP contribution in [-0.4, -0.2) is 174 Å². The number of ether oxygens (including phenoxy) is 4. The van der Waals surface area contributed by atoms with E-state index >= 15 is 4.79 Å². The second-order valence-corrected chi connectivity index (χ2v) is 18.7. The lowest BCUT2D eigenvalue weighted by Crippen LogP contribution is -2.64. The van der Waals surface area contributed by atoms with Gasteiger partial charge in [0.2, 0.25) is 29.5 Å². The molecule has 1 aromatic rings. The minimum absolute atomic E-state index is 0.0591. The molecule has 7 amide bonds. The van der Waals surface area contributed by atoms with E-state index in [2.05, 4.69) is 27.8 Å². The van der Waals surface area contributed by atoms with Crippen molar-refractivity contribution in [3.8, 4) is 0 Å². The number of esters is 3. The van der Waals surface area contributed by atoms with Gasteiger partial charge in [-0.3, -0.25) is 33.6 Å². The summed E-state index contributed by atoms with van der Waals surface area (Å²) in [7, 11) is 4.88. The van der Waals surface area contributed by atoms with Crippen molar-refractivity contribution in [3.63, 3.8) is 0 Å². The van der Waals surface area contributed by atoms with Gasteiger partial charge in [0.05, 0.1) is 12.2 Å². The van der Waals surface area contributed by atoms with Gasteiger partial charge >= 0.3 is 17.9 Å². The van der Waals surface area contributed by atoms with Crippen molar-refractivity contribution in [2.24, 2.45) is 17.8 Å². The Morgan fingerprint density at radius 2 is 1.42 bits per heavy atom. The summed E-state index contributed by atoms with van der Waals surface area (Å²) in [5.74, 6) is -11.8. The van der Waals surface area contributed by atoms with E-state index in [1.807, 2.05) is 0 Å². The van der Waals surface area contributed by atoms with Crippen molar-refractivity contribution in [2.45, 2.75) is 156 Å². The molecule has 1 aliphatic rings. The van der Waals surface area contributed by atoms with Crippen molar-refractivity contribution in [2.75, 3.05) is 28.3 Å². The number of cyclic esters (lactones) is 2. The molecule has 0 bridgehead atoms. The molecule has 1 heterocycles. The molecule has 0 saturated carbocycles. The molecule has 0 aromatic heterocycles. The number of hydrogen-bond donors (Lipinski definition) is 5. The van der Waals surface area contributed by atoms with Crippen LogP contribution in [0.5, 0.6) is 0 Å². The zero-order valence-electron chi connectivity index (χ0n) is 43.6. The second-order valence-electron chi connectivity index (χ2n) is 18.7. The third-order valence-corrected chi connectivity index (χ3v) is 12.2. The highest BCUT2D eigenvalue weighted by Crippen LogP contribution is 2.23. The zero-order chi connectivity index (χ0) is 54.3. The quantitative estimate of drug-likeness (QED) is 0.0957. The van der Waals surface area contributed by atoms with Crippen molar-refractivity contribution in [1.82, 2.24) is 36.0 Å². The molecular weight excluding hydrogens is 927 g/mol. The number of carbonyl (C=O) groups excluding carboxylic acids is 10. The van der Waals surface area contributed by atoms with Gasteiger partial charge in [-0.05, 0) is 44.1 Å². The van der Waals surface area contributed by atoms with Gasteiger partial charge in [0.15, 0.2) is 24.2 Å². The molecule has 1 aromatic carbocycles. The van der Waals surface area contributed by atoms with E-state index in [1.54, 1.807) is 71.9 Å². The first kappa shape index (κ1) is 60.7. The van der Waals surface area contributed by atoms with E-state index in [9.17, 15) is 48.3 Å². The molecule has 22 heteroatoms. The first-order chi connectivity index (χ1) is 33.0. The highest BCUT2D eigenvalue weighted by Gasteiger charge is 2.47. The number of carbonyl (C=O) groups is 10. The molecule has 5 N–H and O–H groups in total. The Labute approximate surface area is 416 Å². The summed E-state index contributed by atoms with van der Waals surface area (Å²) < 4.78 is 23.4. The Bertz CT molecular complexity index is 2100. The normalized spacial score (nSPS) is 24.7. The van der Waals surface area contributed by atoms with Gasteiger partial charge < -0.3 is 60.0 Å². The van der Waals surface area contributed by atoms with Crippen LogP contribution in [0.3, 0.4) is 0 Å². The zero-order valence-corrected chi connectivity index (χ0v) is 43.6. The highest BCUT2D eigenvalue weighted by molar-refractivity contribution is 6.01. The molecule has 22 nitrogen and oxygen atoms in total. The number of likely N-dealkylation sites (N-methyl/N-ethyl adjacent to an activating group) is 3. The predicted octanol–water partition coefficient (Wildman–Crippen LogP) is 0.377. The van der Waals surface area contributed by atoms with E-state index in [0.717, 1.165) is 21.6 Å². The number of aliphatic hydroxyl groups excluding tert-OH is 1. The maximum atomic E-state index is 15.1. The largest absolute Gasteiger partial charge is 0.458 e. The predicted molar refractivity (Wildman–Crippen MR) is 257 cm³/mol. The summed E-state index contributed by atoms with van der Waals surface area (Å²) in [5.41, 5.74) is 0.0576. The third-order valence-electron chi connectivity index (χ3n) is 12.2. The average molecular weight is 1000 g/mol. The maximum Gasteiger partial charge on any atom is 0.333 e. The maximum absolute atomic E-state index is 15.1. The smallest absolute Gasteiger partial charge is 0.333 e. The van der Waals surface area contributed by atoms with Crippen molar-refractivity contribution < 1.29 is 72.0 Å². The summed E-state index contributed by atoms with van der Waals surface area (Å²) in [4.78, 5) is 142. The van der Waals surface area contributed by atoms with Crippen molar-refractivity contribution in [3.05, 3.63) is 48.2 Å². The number of nitrogens with zero attached hydrogens (tertiary/aromatic N) is 3. The first-order valence-electron chi connectivity index (χ1n) is 23.6. The van der Waals surface area contributed by atoms with Gasteiger partial charge in [-0.25, -0.2) is 14.4 Å².